The molecule has 1 aliphatic carbocycles. The molecule has 1 aromatic heterocycles. The number of hydrogen-bond donors (Lipinski definition) is 1. The van der Waals surface area contributed by atoms with Gasteiger partial charge in [0.05, 0.1) is 5.69 Å². The van der Waals surface area contributed by atoms with Crippen molar-refractivity contribution in [1.82, 2.24) is 15.3 Å². The molecule has 1 saturated carbocycles. The first-order valence-corrected chi connectivity index (χ1v) is 5.82. The average molecular weight is 203 g/mol. The van der Waals surface area contributed by atoms with Gasteiger partial charge in [0.25, 0.3) is 0 Å². The topological polar surface area (TPSA) is 37.8 Å². The van der Waals surface area contributed by atoms with Gasteiger partial charge in [0.15, 0.2) is 0 Å². The molecule has 1 aromatic rings. The normalized spacial score (nSPS) is 28.7. The van der Waals surface area contributed by atoms with Gasteiger partial charge in [-0.05, 0) is 19.3 Å². The number of fused-ring (bicyclic) bond motifs is 1. The van der Waals surface area contributed by atoms with E-state index in [9.17, 15) is 0 Å². The van der Waals surface area contributed by atoms with Gasteiger partial charge in [-0.15, -0.1) is 0 Å². The summed E-state index contributed by atoms with van der Waals surface area (Å²) >= 11 is 0. The Kier molecular flexibility index (Phi) is 2.02. The van der Waals surface area contributed by atoms with Crippen molar-refractivity contribution in [2.24, 2.45) is 5.92 Å². The number of rotatable bonds is 1. The number of nitrogens with one attached hydrogen (secondary N) is 1. The summed E-state index contributed by atoms with van der Waals surface area (Å²) in [5.74, 6) is 2.54. The first-order valence-electron chi connectivity index (χ1n) is 5.82. The van der Waals surface area contributed by atoms with E-state index in [4.69, 9.17) is 4.98 Å². The highest BCUT2D eigenvalue weighted by Crippen LogP contribution is 2.45. The third kappa shape index (κ3) is 1.55. The van der Waals surface area contributed by atoms with Gasteiger partial charge in [0.2, 0.25) is 0 Å². The molecule has 15 heavy (non-hydrogen) atoms. The Labute approximate surface area is 90.3 Å². The van der Waals surface area contributed by atoms with Crippen molar-refractivity contribution in [2.75, 3.05) is 6.54 Å². The molecule has 0 bridgehead atoms. The Morgan fingerprint density at radius 1 is 1.33 bits per heavy atom. The fraction of sp³-hybridized carbons (Fsp3) is 0.667. The first-order chi connectivity index (χ1) is 7.25. The second-order valence-corrected chi connectivity index (χ2v) is 4.84. The Bertz CT molecular complexity index is 400. The fourth-order valence-corrected chi connectivity index (χ4v) is 2.38. The molecule has 2 aliphatic rings. The SMILES string of the molecule is Cc1nc(C2CC2C)nc2c1CNCC2. The highest BCUT2D eigenvalue weighted by atomic mass is 15.0. The van der Waals surface area contributed by atoms with Crippen LogP contribution in [-0.2, 0) is 13.0 Å². The van der Waals surface area contributed by atoms with Crippen molar-refractivity contribution in [3.63, 3.8) is 0 Å². The molecule has 2 unspecified atom stereocenters. The van der Waals surface area contributed by atoms with Crippen LogP contribution in [0.1, 0.15) is 42.0 Å². The molecule has 0 radical (unpaired) electrons. The molecular weight excluding hydrogens is 186 g/mol. The van der Waals surface area contributed by atoms with Gasteiger partial charge in [0.1, 0.15) is 5.82 Å². The molecule has 2 heterocycles. The van der Waals surface area contributed by atoms with E-state index in [0.717, 1.165) is 31.3 Å². The van der Waals surface area contributed by atoms with Crippen molar-refractivity contribution in [2.45, 2.75) is 39.2 Å². The minimum atomic E-state index is 0.642. The molecule has 0 spiro atoms. The summed E-state index contributed by atoms with van der Waals surface area (Å²) in [6.45, 7) is 6.40. The summed E-state index contributed by atoms with van der Waals surface area (Å²) in [7, 11) is 0. The molecule has 2 atom stereocenters. The van der Waals surface area contributed by atoms with Crippen molar-refractivity contribution in [1.29, 1.82) is 0 Å². The van der Waals surface area contributed by atoms with Crippen molar-refractivity contribution >= 4 is 0 Å². The largest absolute Gasteiger partial charge is 0.312 e. The van der Waals surface area contributed by atoms with Gasteiger partial charge in [0, 0.05) is 36.7 Å². The van der Waals surface area contributed by atoms with Gasteiger partial charge in [-0.1, -0.05) is 6.92 Å². The molecular formula is C12H17N3. The molecule has 3 heteroatoms. The molecule has 0 aromatic carbocycles. The zero-order chi connectivity index (χ0) is 10.4. The number of nitrogens with zero attached hydrogens (tertiary/aromatic N) is 2. The lowest BCUT2D eigenvalue weighted by Crippen LogP contribution is -2.26. The van der Waals surface area contributed by atoms with E-state index in [1.54, 1.807) is 0 Å². The standard InChI is InChI=1S/C12H17N3/c1-7-5-9(7)12-14-8(2)10-6-13-4-3-11(10)15-12/h7,9,13H,3-6H2,1-2H3. The van der Waals surface area contributed by atoms with Crippen LogP contribution in [0.3, 0.4) is 0 Å². The lowest BCUT2D eigenvalue weighted by molar-refractivity contribution is 0.613. The van der Waals surface area contributed by atoms with Crippen LogP contribution in [0.4, 0.5) is 0 Å². The van der Waals surface area contributed by atoms with Crippen LogP contribution >= 0.6 is 0 Å². The molecule has 1 fully saturated rings. The Hall–Kier alpha value is -0.960. The fourth-order valence-electron chi connectivity index (χ4n) is 2.38. The van der Waals surface area contributed by atoms with Crippen LogP contribution in [-0.4, -0.2) is 16.5 Å². The third-order valence-corrected chi connectivity index (χ3v) is 3.60. The maximum Gasteiger partial charge on any atom is 0.132 e. The maximum atomic E-state index is 4.74. The molecule has 1 N–H and O–H groups in total. The van der Waals surface area contributed by atoms with Gasteiger partial charge in [-0.25, -0.2) is 9.97 Å². The van der Waals surface area contributed by atoms with Crippen LogP contribution < -0.4 is 5.32 Å². The molecule has 0 saturated heterocycles. The number of aromatic nitrogens is 2. The Morgan fingerprint density at radius 3 is 2.87 bits per heavy atom. The minimum absolute atomic E-state index is 0.642. The van der Waals surface area contributed by atoms with Crippen molar-refractivity contribution in [3.05, 3.63) is 22.8 Å². The van der Waals surface area contributed by atoms with E-state index in [1.807, 2.05) is 0 Å². The Balaban J connectivity index is 2.01. The number of aryl methyl sites for hydroxylation is 1. The number of hydrogen-bond acceptors (Lipinski definition) is 3. The minimum Gasteiger partial charge on any atom is -0.312 e. The van der Waals surface area contributed by atoms with E-state index in [-0.39, 0.29) is 0 Å². The predicted octanol–water partition coefficient (Wildman–Crippen LogP) is 1.55. The van der Waals surface area contributed by atoms with Crippen LogP contribution in [0.5, 0.6) is 0 Å². The molecule has 0 amide bonds. The summed E-state index contributed by atoms with van der Waals surface area (Å²) < 4.78 is 0. The van der Waals surface area contributed by atoms with E-state index < -0.39 is 0 Å². The van der Waals surface area contributed by atoms with E-state index >= 15 is 0 Å². The maximum absolute atomic E-state index is 4.74. The van der Waals surface area contributed by atoms with E-state index in [1.165, 1.54) is 23.4 Å². The van der Waals surface area contributed by atoms with E-state index in [2.05, 4.69) is 24.1 Å². The smallest absolute Gasteiger partial charge is 0.132 e. The van der Waals surface area contributed by atoms with Crippen LogP contribution in [0.2, 0.25) is 0 Å². The third-order valence-electron chi connectivity index (χ3n) is 3.60. The summed E-state index contributed by atoms with van der Waals surface area (Å²) in [6, 6.07) is 0. The molecule has 3 nitrogen and oxygen atoms in total. The van der Waals surface area contributed by atoms with Gasteiger partial charge >= 0.3 is 0 Å². The summed E-state index contributed by atoms with van der Waals surface area (Å²) in [5, 5.41) is 3.37. The molecule has 1 aliphatic heterocycles. The van der Waals surface area contributed by atoms with Crippen molar-refractivity contribution < 1.29 is 0 Å². The summed E-state index contributed by atoms with van der Waals surface area (Å²) in [6.07, 6.45) is 2.34. The average Bonchev–Trinajstić information content (AvgIpc) is 2.96. The highest BCUT2D eigenvalue weighted by Gasteiger charge is 2.37. The lowest BCUT2D eigenvalue weighted by Gasteiger charge is -2.18. The van der Waals surface area contributed by atoms with Crippen molar-refractivity contribution in [3.8, 4) is 0 Å². The van der Waals surface area contributed by atoms with Crippen LogP contribution in [0.15, 0.2) is 0 Å². The lowest BCUT2D eigenvalue weighted by atomic mass is 10.1. The summed E-state index contributed by atoms with van der Waals surface area (Å²) in [4.78, 5) is 9.38. The quantitative estimate of drug-likeness (QED) is 0.752. The van der Waals surface area contributed by atoms with Crippen LogP contribution in [0.25, 0.3) is 0 Å². The highest BCUT2D eigenvalue weighted by molar-refractivity contribution is 5.29. The van der Waals surface area contributed by atoms with Gasteiger partial charge < -0.3 is 5.32 Å². The molecule has 3 rings (SSSR count). The Morgan fingerprint density at radius 2 is 2.13 bits per heavy atom. The summed E-state index contributed by atoms with van der Waals surface area (Å²) in [5.41, 5.74) is 3.80. The predicted molar refractivity (Wildman–Crippen MR) is 58.7 cm³/mol. The zero-order valence-electron chi connectivity index (χ0n) is 9.38. The van der Waals surface area contributed by atoms with Crippen LogP contribution in [0, 0.1) is 12.8 Å². The monoisotopic (exact) mass is 203 g/mol. The van der Waals surface area contributed by atoms with Gasteiger partial charge in [-0.3, -0.25) is 0 Å². The zero-order valence-corrected chi connectivity index (χ0v) is 9.38. The first kappa shape index (κ1) is 9.28. The second kappa shape index (κ2) is 3.27. The van der Waals surface area contributed by atoms with E-state index in [0.29, 0.717) is 5.92 Å². The van der Waals surface area contributed by atoms with Gasteiger partial charge in [-0.2, -0.15) is 0 Å². The molecule has 80 valence electrons. The second-order valence-electron chi connectivity index (χ2n) is 4.84.